The molecule has 2 heterocycles. The molecule has 0 amide bonds. The highest BCUT2D eigenvalue weighted by atomic mass is 19.4. The maximum Gasteiger partial charge on any atom is 0.416 e. The quantitative estimate of drug-likeness (QED) is 0.744. The summed E-state index contributed by atoms with van der Waals surface area (Å²) in [5.41, 5.74) is -0.354. The predicted molar refractivity (Wildman–Crippen MR) is 62.9 cm³/mol. The standard InChI is InChI=1S/C12H7F3N4O/c13-12(14,15)8-3-1-2-7(4-8)9-5-10(20)19-11(18-9)16-6-17-19/h1-6,20H. The molecule has 0 unspecified atom stereocenters. The van der Waals surface area contributed by atoms with E-state index in [4.69, 9.17) is 0 Å². The average molecular weight is 280 g/mol. The maximum atomic E-state index is 12.7. The number of benzene rings is 1. The van der Waals surface area contributed by atoms with Crippen LogP contribution in [0.25, 0.3) is 17.0 Å². The molecule has 1 aromatic carbocycles. The second kappa shape index (κ2) is 4.19. The Hall–Kier alpha value is -2.64. The van der Waals surface area contributed by atoms with Gasteiger partial charge in [0.15, 0.2) is 0 Å². The molecule has 0 saturated carbocycles. The van der Waals surface area contributed by atoms with Crippen LogP contribution in [-0.4, -0.2) is 24.7 Å². The normalized spacial score (nSPS) is 11.9. The summed E-state index contributed by atoms with van der Waals surface area (Å²) in [7, 11) is 0. The zero-order chi connectivity index (χ0) is 14.3. The molecule has 0 atom stereocenters. The van der Waals surface area contributed by atoms with Gasteiger partial charge >= 0.3 is 6.18 Å². The van der Waals surface area contributed by atoms with Gasteiger partial charge in [-0.1, -0.05) is 12.1 Å². The lowest BCUT2D eigenvalue weighted by Crippen LogP contribution is -2.04. The monoisotopic (exact) mass is 280 g/mol. The first-order valence-corrected chi connectivity index (χ1v) is 5.52. The Morgan fingerprint density at radius 3 is 2.70 bits per heavy atom. The van der Waals surface area contributed by atoms with Crippen molar-refractivity contribution in [1.29, 1.82) is 0 Å². The molecule has 3 aromatic rings. The smallest absolute Gasteiger partial charge is 0.416 e. The molecule has 2 aromatic heterocycles. The topological polar surface area (TPSA) is 63.3 Å². The zero-order valence-corrected chi connectivity index (χ0v) is 9.83. The van der Waals surface area contributed by atoms with E-state index in [1.54, 1.807) is 0 Å². The van der Waals surface area contributed by atoms with Gasteiger partial charge in [-0.2, -0.15) is 27.8 Å². The van der Waals surface area contributed by atoms with Crippen LogP contribution in [0.4, 0.5) is 13.2 Å². The highest BCUT2D eigenvalue weighted by Gasteiger charge is 2.30. The lowest BCUT2D eigenvalue weighted by Gasteiger charge is -2.08. The van der Waals surface area contributed by atoms with Gasteiger partial charge in [-0.05, 0) is 12.1 Å². The van der Waals surface area contributed by atoms with Crippen LogP contribution in [0.5, 0.6) is 5.88 Å². The second-order valence-electron chi connectivity index (χ2n) is 4.05. The lowest BCUT2D eigenvalue weighted by atomic mass is 10.1. The fourth-order valence-corrected chi connectivity index (χ4v) is 1.80. The molecule has 1 N–H and O–H groups in total. The molecule has 0 fully saturated rings. The van der Waals surface area contributed by atoms with Crippen LogP contribution in [0, 0.1) is 0 Å². The van der Waals surface area contributed by atoms with Crippen molar-refractivity contribution < 1.29 is 18.3 Å². The van der Waals surface area contributed by atoms with Crippen LogP contribution in [-0.2, 0) is 6.18 Å². The van der Waals surface area contributed by atoms with Crippen molar-refractivity contribution in [3.63, 3.8) is 0 Å². The third-order valence-corrected chi connectivity index (χ3v) is 2.72. The molecule has 0 aliphatic rings. The first-order valence-electron chi connectivity index (χ1n) is 5.52. The summed E-state index contributed by atoms with van der Waals surface area (Å²) >= 11 is 0. The van der Waals surface area contributed by atoms with Crippen LogP contribution in [0.3, 0.4) is 0 Å². The third-order valence-electron chi connectivity index (χ3n) is 2.72. The second-order valence-corrected chi connectivity index (χ2v) is 4.05. The van der Waals surface area contributed by atoms with Crippen molar-refractivity contribution in [3.05, 3.63) is 42.2 Å². The van der Waals surface area contributed by atoms with Crippen molar-refractivity contribution in [2.75, 3.05) is 0 Å². The minimum Gasteiger partial charge on any atom is -0.493 e. The third kappa shape index (κ3) is 2.04. The molecule has 0 bridgehead atoms. The summed E-state index contributed by atoms with van der Waals surface area (Å²) in [4.78, 5) is 7.85. The largest absolute Gasteiger partial charge is 0.493 e. The van der Waals surface area contributed by atoms with Crippen LogP contribution in [0.1, 0.15) is 5.56 Å². The molecule has 0 aliphatic carbocycles. The summed E-state index contributed by atoms with van der Waals surface area (Å²) < 4.78 is 39.1. The van der Waals surface area contributed by atoms with Gasteiger partial charge in [-0.3, -0.25) is 0 Å². The Morgan fingerprint density at radius 1 is 1.15 bits per heavy atom. The number of halogens is 3. The number of fused-ring (bicyclic) bond motifs is 1. The van der Waals surface area contributed by atoms with Crippen LogP contribution in [0.15, 0.2) is 36.7 Å². The minimum atomic E-state index is -4.43. The Kier molecular flexibility index (Phi) is 2.60. The summed E-state index contributed by atoms with van der Waals surface area (Å²) in [6.45, 7) is 0. The SMILES string of the molecule is Oc1cc(-c2cccc(C(F)(F)F)c2)nc2ncnn12. The van der Waals surface area contributed by atoms with E-state index in [2.05, 4.69) is 15.1 Å². The van der Waals surface area contributed by atoms with E-state index in [0.717, 1.165) is 16.6 Å². The minimum absolute atomic E-state index is 0.109. The van der Waals surface area contributed by atoms with Gasteiger partial charge in [0.25, 0.3) is 5.78 Å². The molecule has 0 radical (unpaired) electrons. The lowest BCUT2D eigenvalue weighted by molar-refractivity contribution is -0.137. The summed E-state index contributed by atoms with van der Waals surface area (Å²) in [5.74, 6) is -0.141. The van der Waals surface area contributed by atoms with E-state index in [-0.39, 0.29) is 22.9 Å². The van der Waals surface area contributed by atoms with Crippen LogP contribution < -0.4 is 0 Å². The first kappa shape index (κ1) is 12.4. The van der Waals surface area contributed by atoms with Gasteiger partial charge < -0.3 is 5.11 Å². The molecular formula is C12H7F3N4O. The van der Waals surface area contributed by atoms with Crippen molar-refractivity contribution in [2.24, 2.45) is 0 Å². The zero-order valence-electron chi connectivity index (χ0n) is 9.83. The molecule has 0 spiro atoms. The molecule has 3 rings (SSSR count). The van der Waals surface area contributed by atoms with Gasteiger partial charge in [0.1, 0.15) is 6.33 Å². The fourth-order valence-electron chi connectivity index (χ4n) is 1.80. The Bertz CT molecular complexity index is 782. The van der Waals surface area contributed by atoms with Crippen molar-refractivity contribution in [2.45, 2.75) is 6.18 Å². The number of hydrogen-bond acceptors (Lipinski definition) is 4. The number of aromatic hydroxyl groups is 1. The van der Waals surface area contributed by atoms with Crippen LogP contribution in [0.2, 0.25) is 0 Å². The molecular weight excluding hydrogens is 273 g/mol. The number of aromatic nitrogens is 4. The predicted octanol–water partition coefficient (Wildman–Crippen LogP) is 2.52. The molecule has 5 nitrogen and oxygen atoms in total. The van der Waals surface area contributed by atoms with E-state index in [0.29, 0.717) is 0 Å². The highest BCUT2D eigenvalue weighted by molar-refractivity contribution is 5.63. The van der Waals surface area contributed by atoms with Gasteiger partial charge in [-0.25, -0.2) is 4.98 Å². The van der Waals surface area contributed by atoms with Gasteiger partial charge in [-0.15, -0.1) is 0 Å². The first-order chi connectivity index (χ1) is 9.45. The number of hydrogen-bond donors (Lipinski definition) is 1. The van der Waals surface area contributed by atoms with Crippen LogP contribution >= 0.6 is 0 Å². The summed E-state index contributed by atoms with van der Waals surface area (Å²) in [6.07, 6.45) is -3.24. The molecule has 0 aliphatic heterocycles. The van der Waals surface area contributed by atoms with Gasteiger partial charge in [0.05, 0.1) is 11.3 Å². The van der Waals surface area contributed by atoms with Crippen molar-refractivity contribution in [1.82, 2.24) is 19.6 Å². The van der Waals surface area contributed by atoms with E-state index in [1.165, 1.54) is 24.5 Å². The number of rotatable bonds is 1. The molecule has 0 saturated heterocycles. The average Bonchev–Trinajstić information content (AvgIpc) is 2.87. The van der Waals surface area contributed by atoms with Crippen molar-refractivity contribution >= 4 is 5.78 Å². The fraction of sp³-hybridized carbons (Fsp3) is 0.0833. The molecule has 8 heteroatoms. The Balaban J connectivity index is 2.15. The van der Waals surface area contributed by atoms with E-state index in [1.807, 2.05) is 0 Å². The van der Waals surface area contributed by atoms with Crippen molar-refractivity contribution in [3.8, 4) is 17.1 Å². The summed E-state index contributed by atoms with van der Waals surface area (Å²) in [6, 6.07) is 5.93. The molecule has 102 valence electrons. The highest BCUT2D eigenvalue weighted by Crippen LogP contribution is 2.32. The van der Waals surface area contributed by atoms with E-state index in [9.17, 15) is 18.3 Å². The Morgan fingerprint density at radius 2 is 1.95 bits per heavy atom. The van der Waals surface area contributed by atoms with E-state index >= 15 is 0 Å². The van der Waals surface area contributed by atoms with Gasteiger partial charge in [0, 0.05) is 11.6 Å². The molecule has 20 heavy (non-hydrogen) atoms. The summed E-state index contributed by atoms with van der Waals surface area (Å²) in [5, 5.41) is 13.5. The maximum absolute atomic E-state index is 12.7. The number of nitrogens with zero attached hydrogens (tertiary/aromatic N) is 4. The Labute approximate surface area is 110 Å². The van der Waals surface area contributed by atoms with E-state index < -0.39 is 11.7 Å². The number of alkyl halides is 3. The van der Waals surface area contributed by atoms with Gasteiger partial charge in [0.2, 0.25) is 5.88 Å².